The van der Waals surface area contributed by atoms with Crippen molar-refractivity contribution in [1.29, 1.82) is 0 Å². The van der Waals surface area contributed by atoms with Crippen molar-refractivity contribution < 1.29 is 13.9 Å². The minimum atomic E-state index is -0.117. The Morgan fingerprint density at radius 2 is 1.71 bits per heavy atom. The summed E-state index contributed by atoms with van der Waals surface area (Å²) in [4.78, 5) is 15.3. The number of furan rings is 1. The minimum absolute atomic E-state index is 0.117. The summed E-state index contributed by atoms with van der Waals surface area (Å²) in [6, 6.07) is 29.2. The molecule has 0 saturated carbocycles. The lowest BCUT2D eigenvalue weighted by atomic mass is 10.1. The molecule has 0 unspecified atom stereocenters. The van der Waals surface area contributed by atoms with Gasteiger partial charge in [-0.1, -0.05) is 64.5 Å². The molecule has 0 radical (unpaired) electrons. The van der Waals surface area contributed by atoms with Crippen LogP contribution in [0.5, 0.6) is 5.75 Å². The third-order valence-electron chi connectivity index (χ3n) is 5.49. The largest absolute Gasteiger partial charge is 0.494 e. The van der Waals surface area contributed by atoms with Crippen molar-refractivity contribution >= 4 is 39.3 Å². The van der Waals surface area contributed by atoms with E-state index in [-0.39, 0.29) is 5.91 Å². The van der Waals surface area contributed by atoms with E-state index in [1.807, 2.05) is 104 Å². The van der Waals surface area contributed by atoms with Gasteiger partial charge >= 0.3 is 0 Å². The van der Waals surface area contributed by atoms with Crippen molar-refractivity contribution in [2.24, 2.45) is 0 Å². The van der Waals surface area contributed by atoms with Gasteiger partial charge < -0.3 is 9.15 Å². The predicted octanol–water partition coefficient (Wildman–Crippen LogP) is 7.58. The molecule has 1 aliphatic rings. The van der Waals surface area contributed by atoms with E-state index in [1.54, 1.807) is 11.0 Å². The monoisotopic (exact) mass is 511 g/mol. The van der Waals surface area contributed by atoms with E-state index in [4.69, 9.17) is 9.15 Å². The average Bonchev–Trinajstić information content (AvgIpc) is 3.45. The van der Waals surface area contributed by atoms with Crippen LogP contribution in [0, 0.1) is 0 Å². The van der Waals surface area contributed by atoms with Crippen LogP contribution in [-0.2, 0) is 4.79 Å². The highest BCUT2D eigenvalue weighted by molar-refractivity contribution is 9.10. The van der Waals surface area contributed by atoms with E-state index in [9.17, 15) is 4.79 Å². The van der Waals surface area contributed by atoms with Gasteiger partial charge in [-0.05, 0) is 61.0 Å². The Labute approximate surface area is 206 Å². The van der Waals surface area contributed by atoms with Crippen LogP contribution in [0.15, 0.2) is 112 Å². The van der Waals surface area contributed by atoms with Crippen LogP contribution >= 0.6 is 15.9 Å². The second kappa shape index (κ2) is 9.57. The Balaban J connectivity index is 1.53. The Morgan fingerprint density at radius 3 is 2.47 bits per heavy atom. The Morgan fingerprint density at radius 1 is 0.912 bits per heavy atom. The molecular weight excluding hydrogens is 490 g/mol. The summed E-state index contributed by atoms with van der Waals surface area (Å²) in [6.07, 6.45) is 3.70. The third kappa shape index (κ3) is 4.47. The smallest absolute Gasteiger partial charge is 0.263 e. The molecule has 3 aromatic carbocycles. The summed E-state index contributed by atoms with van der Waals surface area (Å²) in [5.41, 5.74) is 4.04. The van der Waals surface area contributed by atoms with E-state index < -0.39 is 0 Å². The van der Waals surface area contributed by atoms with Crippen LogP contribution in [0.25, 0.3) is 23.1 Å². The van der Waals surface area contributed by atoms with E-state index in [0.29, 0.717) is 17.9 Å². The molecule has 0 saturated heterocycles. The summed E-state index contributed by atoms with van der Waals surface area (Å²) >= 11 is 3.45. The maximum Gasteiger partial charge on any atom is 0.263 e. The fraction of sp³-hybridized carbons (Fsp3) is 0.0690. The summed E-state index contributed by atoms with van der Waals surface area (Å²) in [7, 11) is 0. The van der Waals surface area contributed by atoms with Gasteiger partial charge in [0, 0.05) is 21.7 Å². The fourth-order valence-electron chi connectivity index (χ4n) is 3.93. The van der Waals surface area contributed by atoms with Crippen LogP contribution in [0.1, 0.15) is 18.2 Å². The molecule has 168 valence electrons. The molecule has 1 aromatic heterocycles. The number of carbonyl (C=O) groups is 1. The summed E-state index contributed by atoms with van der Waals surface area (Å²) < 4.78 is 12.7. The highest BCUT2D eigenvalue weighted by atomic mass is 79.9. The van der Waals surface area contributed by atoms with Gasteiger partial charge in [0.2, 0.25) is 0 Å². The number of hydrogen-bond acceptors (Lipinski definition) is 3. The Hall–Kier alpha value is -3.83. The van der Waals surface area contributed by atoms with Crippen LogP contribution < -0.4 is 9.64 Å². The van der Waals surface area contributed by atoms with Gasteiger partial charge in [-0.2, -0.15) is 0 Å². The molecule has 1 amide bonds. The predicted molar refractivity (Wildman–Crippen MR) is 139 cm³/mol. The van der Waals surface area contributed by atoms with E-state index >= 15 is 0 Å². The number of rotatable bonds is 6. The van der Waals surface area contributed by atoms with Crippen molar-refractivity contribution in [1.82, 2.24) is 0 Å². The van der Waals surface area contributed by atoms with Crippen LogP contribution in [0.4, 0.5) is 5.69 Å². The highest BCUT2D eigenvalue weighted by Gasteiger charge is 2.31. The number of hydrogen-bond donors (Lipinski definition) is 0. The first-order valence-corrected chi connectivity index (χ1v) is 11.8. The molecule has 0 N–H and O–H groups in total. The molecule has 4 aromatic rings. The molecule has 0 atom stereocenters. The molecular formula is C29H22BrNO3. The summed E-state index contributed by atoms with van der Waals surface area (Å²) in [5.74, 6) is 1.98. The molecule has 34 heavy (non-hydrogen) atoms. The zero-order valence-corrected chi connectivity index (χ0v) is 20.2. The molecule has 0 spiro atoms. The number of anilines is 1. The zero-order chi connectivity index (χ0) is 23.5. The molecule has 4 nitrogen and oxygen atoms in total. The SMILES string of the molecule is CCOc1cccc(N2C(=O)/C(=C/c3ccc(-c4ccc(Br)cc4)o3)C=C2c2ccccc2)c1. The maximum atomic E-state index is 13.6. The van der Waals surface area contributed by atoms with Crippen LogP contribution in [0.2, 0.25) is 0 Å². The molecule has 2 heterocycles. The van der Waals surface area contributed by atoms with Gasteiger partial charge in [0.1, 0.15) is 17.3 Å². The molecule has 5 heteroatoms. The van der Waals surface area contributed by atoms with Gasteiger partial charge in [-0.25, -0.2) is 0 Å². The summed E-state index contributed by atoms with van der Waals surface area (Å²) in [5, 5.41) is 0. The quantitative estimate of drug-likeness (QED) is 0.250. The molecule has 0 fully saturated rings. The standard InChI is InChI=1S/C29H22BrNO3/c1-2-33-25-10-6-9-24(19-25)31-27(20-7-4-3-5-8-20)18-22(29(31)32)17-26-15-16-28(34-26)21-11-13-23(30)14-12-21/h3-19H,2H2,1H3/b22-17+. The van der Waals surface area contributed by atoms with Gasteiger partial charge in [0.15, 0.2) is 0 Å². The van der Waals surface area contributed by atoms with Gasteiger partial charge in [0.25, 0.3) is 5.91 Å². The lowest BCUT2D eigenvalue weighted by Gasteiger charge is -2.21. The highest BCUT2D eigenvalue weighted by Crippen LogP contribution is 2.37. The fourth-order valence-corrected chi connectivity index (χ4v) is 4.19. The summed E-state index contributed by atoms with van der Waals surface area (Å²) in [6.45, 7) is 2.50. The zero-order valence-electron chi connectivity index (χ0n) is 18.6. The first-order chi connectivity index (χ1) is 16.6. The Bertz CT molecular complexity index is 1380. The minimum Gasteiger partial charge on any atom is -0.494 e. The first kappa shape index (κ1) is 22.0. The topological polar surface area (TPSA) is 42.7 Å². The number of nitrogens with zero attached hydrogens (tertiary/aromatic N) is 1. The number of ether oxygens (including phenoxy) is 1. The number of carbonyl (C=O) groups excluding carboxylic acids is 1. The molecule has 5 rings (SSSR count). The number of benzene rings is 3. The molecule has 0 aliphatic carbocycles. The van der Waals surface area contributed by atoms with Crippen molar-refractivity contribution in [2.75, 3.05) is 11.5 Å². The van der Waals surface area contributed by atoms with Crippen molar-refractivity contribution in [3.8, 4) is 17.1 Å². The van der Waals surface area contributed by atoms with Gasteiger partial charge in [0.05, 0.1) is 18.0 Å². The van der Waals surface area contributed by atoms with Crippen LogP contribution in [-0.4, -0.2) is 12.5 Å². The van der Waals surface area contributed by atoms with Crippen molar-refractivity contribution in [3.05, 3.63) is 118 Å². The third-order valence-corrected chi connectivity index (χ3v) is 6.02. The van der Waals surface area contributed by atoms with Crippen molar-refractivity contribution in [2.45, 2.75) is 6.92 Å². The molecule has 1 aliphatic heterocycles. The number of amides is 1. The van der Waals surface area contributed by atoms with Gasteiger partial charge in [-0.3, -0.25) is 9.69 Å². The Kier molecular flexibility index (Phi) is 6.19. The van der Waals surface area contributed by atoms with E-state index in [1.165, 1.54) is 0 Å². The average molecular weight is 512 g/mol. The van der Waals surface area contributed by atoms with Crippen LogP contribution in [0.3, 0.4) is 0 Å². The second-order valence-electron chi connectivity index (χ2n) is 7.78. The number of halogens is 1. The maximum absolute atomic E-state index is 13.6. The van der Waals surface area contributed by atoms with Gasteiger partial charge in [-0.15, -0.1) is 0 Å². The van der Waals surface area contributed by atoms with Crippen molar-refractivity contribution in [3.63, 3.8) is 0 Å². The lowest BCUT2D eigenvalue weighted by Crippen LogP contribution is -2.24. The molecule has 0 bridgehead atoms. The lowest BCUT2D eigenvalue weighted by molar-refractivity contribution is -0.113. The first-order valence-electron chi connectivity index (χ1n) is 11.0. The van der Waals surface area contributed by atoms with E-state index in [2.05, 4.69) is 15.9 Å². The normalized spacial score (nSPS) is 14.5. The van der Waals surface area contributed by atoms with E-state index in [0.717, 1.165) is 38.5 Å². The second-order valence-corrected chi connectivity index (χ2v) is 8.69.